The monoisotopic (exact) mass is 571 g/mol. The number of rotatable bonds is 16. The van der Waals surface area contributed by atoms with E-state index in [1.807, 2.05) is 0 Å². The quantitative estimate of drug-likeness (QED) is 0.201. The number of ketones is 1. The van der Waals surface area contributed by atoms with E-state index in [2.05, 4.69) is 13.8 Å². The van der Waals surface area contributed by atoms with Gasteiger partial charge in [0, 0.05) is 12.1 Å². The number of hydrogen-bond donors (Lipinski definition) is 1. The number of Topliss-reactive ketones (excluding diaryl/α,β-unsaturated/α-hetero) is 1. The van der Waals surface area contributed by atoms with Crippen molar-refractivity contribution >= 4 is 46.5 Å². The van der Waals surface area contributed by atoms with Crippen molar-refractivity contribution in [2.75, 3.05) is 6.54 Å². The van der Waals surface area contributed by atoms with E-state index >= 15 is 0 Å². The van der Waals surface area contributed by atoms with Crippen LogP contribution in [0.15, 0.2) is 16.1 Å². The molecule has 5 nitrogen and oxygen atoms in total. The summed E-state index contributed by atoms with van der Waals surface area (Å²) in [6, 6.07) is 1.40. The summed E-state index contributed by atoms with van der Waals surface area (Å²) in [7, 11) is 0. The number of nitrogens with zero attached hydrogens (tertiary/aromatic N) is 1. The lowest BCUT2D eigenvalue weighted by Crippen LogP contribution is -2.55. The molecule has 2 aliphatic heterocycles. The number of hydrogen-bond acceptors (Lipinski definition) is 4. The van der Waals surface area contributed by atoms with Crippen molar-refractivity contribution in [3.8, 4) is 11.5 Å². The van der Waals surface area contributed by atoms with Gasteiger partial charge < -0.3 is 9.84 Å². The number of carbonyl (C=O) groups excluding carboxylic acids is 2. The highest BCUT2D eigenvalue weighted by Crippen LogP contribution is 2.52. The number of ether oxygens (including phenoxy) is 1. The number of amides is 1. The van der Waals surface area contributed by atoms with Gasteiger partial charge in [0.25, 0.3) is 11.6 Å². The van der Waals surface area contributed by atoms with Gasteiger partial charge in [-0.3, -0.25) is 14.5 Å². The molecule has 2 heterocycles. The summed E-state index contributed by atoms with van der Waals surface area (Å²) < 4.78 is 6.26. The Morgan fingerprint density at radius 3 is 1.97 bits per heavy atom. The minimum Gasteiger partial charge on any atom is -0.506 e. The maximum Gasteiger partial charge on any atom is 0.288 e. The van der Waals surface area contributed by atoms with Gasteiger partial charge in [0.2, 0.25) is 5.78 Å². The standard InChI is InChI=1S/C29H40Cl3NO4/c1-3-5-7-9-10-11-12-13-14-16-18-33-28(36)23(31)26(32)29(33)27(35)21-19-22(30)24(34)20(25(21)37-29)17-15-8-6-4-2/h19,34H,3-18H2,1-2H3. The summed E-state index contributed by atoms with van der Waals surface area (Å²) in [5.41, 5.74) is -1.13. The molecule has 1 aromatic rings. The van der Waals surface area contributed by atoms with Gasteiger partial charge in [-0.15, -0.1) is 0 Å². The first-order valence-electron chi connectivity index (χ1n) is 14.0. The molecule has 0 saturated carbocycles. The minimum atomic E-state index is -1.83. The Morgan fingerprint density at radius 2 is 1.38 bits per heavy atom. The fourth-order valence-corrected chi connectivity index (χ4v) is 6.02. The predicted octanol–water partition coefficient (Wildman–Crippen LogP) is 8.89. The molecule has 1 atom stereocenters. The first-order valence-corrected chi connectivity index (χ1v) is 15.1. The van der Waals surface area contributed by atoms with Crippen molar-refractivity contribution in [1.82, 2.24) is 4.90 Å². The smallest absolute Gasteiger partial charge is 0.288 e. The number of unbranched alkanes of at least 4 members (excludes halogenated alkanes) is 12. The van der Waals surface area contributed by atoms with Crippen LogP contribution in [0.3, 0.4) is 0 Å². The molecule has 1 amide bonds. The predicted molar refractivity (Wildman–Crippen MR) is 151 cm³/mol. The number of halogens is 3. The number of fused-ring (bicyclic) bond motifs is 1. The van der Waals surface area contributed by atoms with Gasteiger partial charge in [-0.25, -0.2) is 0 Å². The molecule has 8 heteroatoms. The number of carbonyl (C=O) groups is 2. The highest BCUT2D eigenvalue weighted by Gasteiger charge is 2.63. The summed E-state index contributed by atoms with van der Waals surface area (Å²) in [4.78, 5) is 28.2. The lowest BCUT2D eigenvalue weighted by molar-refractivity contribution is -0.134. The van der Waals surface area contributed by atoms with Crippen molar-refractivity contribution in [3.05, 3.63) is 32.3 Å². The normalized spacial score (nSPS) is 18.9. The van der Waals surface area contributed by atoms with Crippen molar-refractivity contribution in [2.45, 2.75) is 116 Å². The van der Waals surface area contributed by atoms with Crippen molar-refractivity contribution in [1.29, 1.82) is 0 Å². The van der Waals surface area contributed by atoms with Gasteiger partial charge >= 0.3 is 0 Å². The minimum absolute atomic E-state index is 0.0787. The van der Waals surface area contributed by atoms with Crippen LogP contribution < -0.4 is 4.74 Å². The van der Waals surface area contributed by atoms with Crippen molar-refractivity contribution in [3.63, 3.8) is 0 Å². The van der Waals surface area contributed by atoms with Crippen LogP contribution in [0.4, 0.5) is 0 Å². The van der Waals surface area contributed by atoms with Gasteiger partial charge in [-0.2, -0.15) is 0 Å². The van der Waals surface area contributed by atoms with Crippen LogP contribution in [0, 0.1) is 0 Å². The van der Waals surface area contributed by atoms with Crippen LogP contribution >= 0.6 is 34.8 Å². The van der Waals surface area contributed by atoms with E-state index in [9.17, 15) is 14.7 Å². The molecule has 3 rings (SSSR count). The lowest BCUT2D eigenvalue weighted by Gasteiger charge is -2.33. The summed E-state index contributed by atoms with van der Waals surface area (Å²) in [6.45, 7) is 4.64. The van der Waals surface area contributed by atoms with E-state index < -0.39 is 17.4 Å². The van der Waals surface area contributed by atoms with Gasteiger partial charge in [-0.1, -0.05) is 126 Å². The first kappa shape index (κ1) is 30.1. The average Bonchev–Trinajstić information content (AvgIpc) is 3.26. The second-order valence-electron chi connectivity index (χ2n) is 10.2. The van der Waals surface area contributed by atoms with E-state index in [-0.39, 0.29) is 32.1 Å². The van der Waals surface area contributed by atoms with E-state index in [4.69, 9.17) is 39.5 Å². The third-order valence-corrected chi connectivity index (χ3v) is 8.60. The maximum absolute atomic E-state index is 13.8. The van der Waals surface area contributed by atoms with E-state index in [0.717, 1.165) is 44.9 Å². The molecule has 37 heavy (non-hydrogen) atoms. The topological polar surface area (TPSA) is 66.8 Å². The number of benzene rings is 1. The zero-order valence-corrected chi connectivity index (χ0v) is 24.4. The summed E-state index contributed by atoms with van der Waals surface area (Å²) >= 11 is 19.1. The zero-order valence-electron chi connectivity index (χ0n) is 22.1. The molecule has 1 aromatic carbocycles. The van der Waals surface area contributed by atoms with Crippen LogP contribution in [0.1, 0.15) is 120 Å². The Hall–Kier alpha value is -1.43. The van der Waals surface area contributed by atoms with Crippen LogP contribution in [-0.2, 0) is 11.2 Å². The molecule has 2 aliphatic rings. The molecular formula is C29H40Cl3NO4. The van der Waals surface area contributed by atoms with Crippen molar-refractivity contribution < 1.29 is 19.4 Å². The fraction of sp³-hybridized carbons (Fsp3) is 0.655. The fourth-order valence-electron chi connectivity index (χ4n) is 5.26. The molecule has 0 aliphatic carbocycles. The third-order valence-electron chi connectivity index (χ3n) is 7.42. The Labute approximate surface area is 236 Å². The number of phenols is 1. The molecule has 0 fully saturated rings. The Balaban J connectivity index is 1.70. The van der Waals surface area contributed by atoms with E-state index in [1.54, 1.807) is 0 Å². The SMILES string of the molecule is CCCCCCCCCCCCN1C(=O)C(Cl)=C(Cl)C12Oc1c(cc(Cl)c(O)c1CCCCCC)C2=O. The number of phenolic OH excluding ortho intramolecular Hbond substituents is 1. The maximum atomic E-state index is 13.8. The molecule has 1 unspecified atom stereocenters. The van der Waals surface area contributed by atoms with Gasteiger partial charge in [0.1, 0.15) is 21.6 Å². The van der Waals surface area contributed by atoms with Gasteiger partial charge in [0.15, 0.2) is 0 Å². The van der Waals surface area contributed by atoms with Gasteiger partial charge in [0.05, 0.1) is 10.6 Å². The second-order valence-corrected chi connectivity index (χ2v) is 11.4. The highest BCUT2D eigenvalue weighted by atomic mass is 35.5. The van der Waals surface area contributed by atoms with Crippen LogP contribution in [0.2, 0.25) is 5.02 Å². The van der Waals surface area contributed by atoms with E-state index in [0.29, 0.717) is 24.9 Å². The molecule has 0 bridgehead atoms. The summed E-state index contributed by atoms with van der Waals surface area (Å²) in [6.07, 6.45) is 15.9. The number of aromatic hydroxyl groups is 1. The lowest BCUT2D eigenvalue weighted by atomic mass is 9.97. The first-order chi connectivity index (χ1) is 17.8. The Morgan fingerprint density at radius 1 is 0.838 bits per heavy atom. The second kappa shape index (κ2) is 14.1. The molecular weight excluding hydrogens is 533 g/mol. The summed E-state index contributed by atoms with van der Waals surface area (Å²) in [5, 5.41) is 10.5. The molecule has 0 saturated heterocycles. The van der Waals surface area contributed by atoms with E-state index in [1.165, 1.54) is 49.5 Å². The largest absolute Gasteiger partial charge is 0.506 e. The van der Waals surface area contributed by atoms with Crippen LogP contribution in [-0.4, -0.2) is 34.0 Å². The average molecular weight is 573 g/mol. The Kier molecular flexibility index (Phi) is 11.5. The third kappa shape index (κ3) is 6.42. The Bertz CT molecular complexity index is 1010. The van der Waals surface area contributed by atoms with Crippen LogP contribution in [0.5, 0.6) is 11.5 Å². The van der Waals surface area contributed by atoms with Crippen LogP contribution in [0.25, 0.3) is 0 Å². The summed E-state index contributed by atoms with van der Waals surface area (Å²) in [5.74, 6) is -0.837. The zero-order chi connectivity index (χ0) is 27.0. The molecule has 0 aromatic heterocycles. The van der Waals surface area contributed by atoms with Crippen molar-refractivity contribution in [2.24, 2.45) is 0 Å². The van der Waals surface area contributed by atoms with Gasteiger partial charge in [-0.05, 0) is 25.3 Å². The molecule has 0 radical (unpaired) electrons. The molecule has 1 N–H and O–H groups in total. The molecule has 1 spiro atoms. The highest BCUT2D eigenvalue weighted by molar-refractivity contribution is 6.51. The molecule has 206 valence electrons.